The molecule has 2 aromatic heterocycles. The molecule has 0 bridgehead atoms. The smallest absolute Gasteiger partial charge is 0.870 e. The molecule has 44 heteroatoms. The first-order valence-corrected chi connectivity index (χ1v) is 50.5. The molecule has 0 radical (unpaired) electrons. The number of aryl methyl sites for hydroxylation is 4. The van der Waals surface area contributed by atoms with Crippen molar-refractivity contribution in [3.05, 3.63) is 350 Å². The molecule has 0 aliphatic carbocycles. The molecule has 9 N–H and O–H groups in total. The fraction of sp³-hybridized carbons (Fsp3) is 0.308. The molecular weight excluding hydrogens is 2070 g/mol. The van der Waals surface area contributed by atoms with E-state index >= 15 is 0 Å². The van der Waals surface area contributed by atoms with Crippen LogP contribution in [0.4, 0.5) is 57.1 Å². The molecule has 792 valence electrons. The van der Waals surface area contributed by atoms with Crippen LogP contribution < -0.4 is 104 Å². The van der Waals surface area contributed by atoms with Gasteiger partial charge in [-0.3, -0.25) is 42.7 Å². The Kier molecular flexibility index (Phi) is 59.3. The zero-order chi connectivity index (χ0) is 109. The standard InChI is InChI=1S/C23H25F3N2O4.C23H23F3N2O3.C21H19F3N2O2.C14H19FN2O.C14H18FNO2.C9H8F2O4.Al.3ClH.K.H2O/c1-4-17(22(29)27-11-10-15-6-5-7-16(24)12-15)14(2)28-23(30)20-18(25)8-9-19(26)21(20)32-13-31-3;1-4-17-14(2)27-22(20-18(25)8-9-19(26)21(20)31-13-30-3)28(23(17)29)11-10-15-6-5-7-16(24)12-15;1-3-15-12(2)25-20(18-16(23)7-8-17(24)19(18)27)26(21(15)28)10-9-13-5-4-6-14(22)11-13;1-3-13(10(2)16)14(18)17-8-7-11-5-4-6-12(15)9-11;1-3-13(10(2)17)14(18)16-8-7-11-5-4-6-12(15)9-11;1-14-4-15-8-6(11)3-2-5(10)7(8)9(12)13;;;;;;/h5-9,12H,4,10-11,13H2,1-3H3,(H,27,29)(H,28,30);5-9,12H,4,10-11,13H2,1-3H3;4-8,11,27H,3,9-10H2,1-2H3;4-6,9H,3,7-8,16H2,1-2H3,(H,17,18);4-6,9,13H,3,7-8H2,1-2H3,(H,16,18);2-3H,4H2,1H3,(H,12,13);;3*1H;;1H2/q;;;;;;+3;;;;+1;/p-4/b17-14-;;;13-10-;;;;;;;;. The molecule has 1 unspecified atom stereocenters. The van der Waals surface area contributed by atoms with E-state index in [1.807, 2.05) is 19.9 Å². The van der Waals surface area contributed by atoms with Gasteiger partial charge in [0.1, 0.15) is 80.9 Å². The Bertz CT molecular complexity index is 6490. The Balaban J connectivity index is 0.000000460. The predicted octanol–water partition coefficient (Wildman–Crippen LogP) is 16.8. The number of aromatic carboxylic acids is 1. The van der Waals surface area contributed by atoms with Crippen LogP contribution >= 0.6 is 30.1 Å². The number of ether oxygens (including phenoxy) is 6. The van der Waals surface area contributed by atoms with Crippen molar-refractivity contribution in [2.75, 3.05) is 61.3 Å². The number of benzene rings is 9. The van der Waals surface area contributed by atoms with Crippen LogP contribution in [0.1, 0.15) is 146 Å². The number of hydrogen-bond donors (Lipinski definition) is 7. The molecule has 148 heavy (non-hydrogen) atoms. The molecule has 26 nitrogen and oxygen atoms in total. The van der Waals surface area contributed by atoms with Crippen molar-refractivity contribution >= 4 is 76.9 Å². The Morgan fingerprint density at radius 1 is 0.446 bits per heavy atom. The minimum absolute atomic E-state index is 0. The Labute approximate surface area is 906 Å². The normalized spacial score (nSPS) is 11.0. The zero-order valence-electron chi connectivity index (χ0n) is 83.5. The van der Waals surface area contributed by atoms with Crippen molar-refractivity contribution in [1.82, 2.24) is 40.4 Å². The number of rotatable bonds is 38. The molecule has 11 aromatic rings. The summed E-state index contributed by atoms with van der Waals surface area (Å²) in [4.78, 5) is 105. The summed E-state index contributed by atoms with van der Waals surface area (Å²) < 4.78 is 210. The van der Waals surface area contributed by atoms with Crippen LogP contribution in [0, 0.1) is 95.4 Å². The number of nitrogens with zero attached hydrogens (tertiary/aromatic N) is 4. The van der Waals surface area contributed by atoms with Crippen molar-refractivity contribution in [1.29, 1.82) is 0 Å². The second-order valence-electron chi connectivity index (χ2n) is 31.5. The van der Waals surface area contributed by atoms with Gasteiger partial charge in [0.05, 0.1) is 17.0 Å². The number of Topliss-reactive ketones (excluding diaryl/α,β-unsaturated/α-hetero) is 1. The van der Waals surface area contributed by atoms with Crippen molar-refractivity contribution in [2.45, 2.75) is 147 Å². The summed E-state index contributed by atoms with van der Waals surface area (Å²) in [7, 11) is 18.8. The van der Waals surface area contributed by atoms with Gasteiger partial charge in [-0.25, -0.2) is 102 Å². The average Bonchev–Trinajstić information content (AvgIpc) is 0.765. The van der Waals surface area contributed by atoms with Gasteiger partial charge in [-0.1, -0.05) is 95.3 Å². The summed E-state index contributed by atoms with van der Waals surface area (Å²) in [6, 6.07) is 37.3. The number of phenolic OH excluding ortho intramolecular Hbond substituents is 1. The minimum atomic E-state index is -1.72. The fourth-order valence-electron chi connectivity index (χ4n) is 14.2. The summed E-state index contributed by atoms with van der Waals surface area (Å²) in [5.41, 5.74) is 9.67. The third-order valence-electron chi connectivity index (χ3n) is 21.3. The summed E-state index contributed by atoms with van der Waals surface area (Å²) >= 11 is -1.72. The number of carbonyl (C=O) groups excluding carboxylic acids is 5. The van der Waals surface area contributed by atoms with Gasteiger partial charge in [0.15, 0.2) is 66.6 Å². The number of allylic oxidation sites excluding steroid dienone is 2. The number of ketones is 1. The molecule has 2 heterocycles. The van der Waals surface area contributed by atoms with Crippen LogP contribution in [-0.2, 0) is 91.4 Å². The third-order valence-corrected chi connectivity index (χ3v) is 21.3. The molecule has 1 atom stereocenters. The summed E-state index contributed by atoms with van der Waals surface area (Å²) in [5.74, 6) is -16.0. The maximum atomic E-state index is 14.9. The largest absolute Gasteiger partial charge is 1.00 e. The van der Waals surface area contributed by atoms with Crippen molar-refractivity contribution in [2.24, 2.45) is 11.7 Å². The molecule has 0 saturated heterocycles. The number of carboxylic acids is 1. The van der Waals surface area contributed by atoms with E-state index in [2.05, 4.69) is 40.7 Å². The first-order chi connectivity index (χ1) is 69.4. The van der Waals surface area contributed by atoms with Crippen molar-refractivity contribution in [3.8, 4) is 45.8 Å². The number of aromatic nitrogens is 4. The average molecular weight is 2180 g/mol. The fourth-order valence-corrected chi connectivity index (χ4v) is 14.2. The first-order valence-electron chi connectivity index (χ1n) is 45.2. The number of methoxy groups -OCH3 is 3. The number of aromatic hydroxyl groups is 1. The zero-order valence-corrected chi connectivity index (χ0v) is 90.1. The first kappa shape index (κ1) is 130. The van der Waals surface area contributed by atoms with Gasteiger partial charge in [-0.05, 0) is 236 Å². The van der Waals surface area contributed by atoms with Crippen molar-refractivity contribution < 1.29 is 181 Å². The number of nitrogens with one attached hydrogen (secondary N) is 4. The van der Waals surface area contributed by atoms with Crippen LogP contribution in [0.2, 0.25) is 0 Å². The minimum Gasteiger partial charge on any atom is -0.870 e. The second kappa shape index (κ2) is 67.3. The summed E-state index contributed by atoms with van der Waals surface area (Å²) in [6.45, 7) is 17.1. The Hall–Kier alpha value is -11.8. The number of phenols is 1. The van der Waals surface area contributed by atoms with Gasteiger partial charge in [-0.15, -0.1) is 0 Å². The van der Waals surface area contributed by atoms with E-state index in [0.717, 1.165) is 65.2 Å². The number of nitrogens with two attached hydrogens (primary N) is 1. The number of carbonyl (C=O) groups is 6. The van der Waals surface area contributed by atoms with Gasteiger partial charge in [0.25, 0.3) is 17.0 Å². The van der Waals surface area contributed by atoms with Crippen LogP contribution in [0.25, 0.3) is 22.8 Å². The molecule has 0 fully saturated rings. The van der Waals surface area contributed by atoms with Crippen LogP contribution in [0.5, 0.6) is 23.0 Å². The quantitative estimate of drug-likeness (QED) is 0.00621. The van der Waals surface area contributed by atoms with E-state index in [0.29, 0.717) is 109 Å². The number of hydrogen-bond acceptors (Lipinski definition) is 19. The van der Waals surface area contributed by atoms with Gasteiger partial charge < -0.3 is 71.1 Å². The maximum absolute atomic E-state index is 14.9. The second-order valence-corrected chi connectivity index (χ2v) is 37.9. The monoisotopic (exact) mass is 2180 g/mol. The van der Waals surface area contributed by atoms with Crippen LogP contribution in [-0.4, -0.2) is 143 Å². The molecule has 9 aromatic carbocycles. The Morgan fingerprint density at radius 2 is 0.764 bits per heavy atom. The predicted molar refractivity (Wildman–Crippen MR) is 532 cm³/mol. The van der Waals surface area contributed by atoms with E-state index in [9.17, 15) is 101 Å². The maximum Gasteiger partial charge on any atom is 1.00 e. The van der Waals surface area contributed by atoms with Gasteiger partial charge in [0, 0.05) is 99.1 Å². The van der Waals surface area contributed by atoms with Crippen LogP contribution in [0.15, 0.2) is 202 Å². The molecule has 0 spiro atoms. The number of carboxylic acid groups (broad SMARTS) is 1. The van der Waals surface area contributed by atoms with Crippen molar-refractivity contribution in [3.63, 3.8) is 0 Å². The number of amides is 4. The molecule has 0 aliphatic rings. The SMILES string of the molecule is CC/C(C(=O)NCCc1cccc(F)c1)=C(\C)N.CC/C(C(=O)NCCc1cccc(F)c1)=C(\C)NC(=O)c1c(F)ccc(F)c1OCOC.CCC(C(C)=O)C(=O)NCCc1cccc(F)c1.CCc1c(C)nc(-c2c(F)ccc(F)c2O)n(CCc2cccc(F)c2)c1=O.CCc1c(C)nc(-c2c(F)ccc(F)c2OCOC)n(CCc2cccc(F)c2)c1=O.COCOc1c(F)ccc(F)c1C(=O)O.[Cl][Al]([Cl])[Cl].[K+].[OH-]. The van der Waals surface area contributed by atoms with Gasteiger partial charge in [0.2, 0.25) is 17.7 Å². The molecule has 0 saturated carbocycles. The summed E-state index contributed by atoms with van der Waals surface area (Å²) in [5, 5.41) is 29.3. The number of halogens is 16. The Morgan fingerprint density at radius 3 is 1.11 bits per heavy atom. The third kappa shape index (κ3) is 41.3. The van der Waals surface area contributed by atoms with E-state index in [4.69, 9.17) is 59.9 Å². The van der Waals surface area contributed by atoms with E-state index in [1.54, 1.807) is 96.1 Å². The molecule has 11 rings (SSSR count). The molecule has 4 amide bonds. The van der Waals surface area contributed by atoms with E-state index in [-0.39, 0.29) is 179 Å². The topological polar surface area (TPSA) is 372 Å². The molecular formula is C104H113AlCl3F13KN9O17. The van der Waals surface area contributed by atoms with E-state index < -0.39 is 139 Å². The van der Waals surface area contributed by atoms with Gasteiger partial charge >= 0.3 is 68.7 Å². The van der Waals surface area contributed by atoms with E-state index in [1.165, 1.54) is 105 Å². The molecule has 0 aliphatic heterocycles. The van der Waals surface area contributed by atoms with Gasteiger partial charge in [-0.2, -0.15) is 0 Å². The summed E-state index contributed by atoms with van der Waals surface area (Å²) in [6.07, 6.45) is 4.36. The van der Waals surface area contributed by atoms with Crippen LogP contribution in [0.3, 0.4) is 0 Å².